The van der Waals surface area contributed by atoms with Gasteiger partial charge < -0.3 is 4.74 Å². The van der Waals surface area contributed by atoms with Crippen LogP contribution in [-0.2, 0) is 4.74 Å². The molecular formula is C11H12BrFO2. The highest BCUT2D eigenvalue weighted by molar-refractivity contribution is 9.10. The Balaban J connectivity index is 2.69. The summed E-state index contributed by atoms with van der Waals surface area (Å²) >= 11 is 3.04. The van der Waals surface area contributed by atoms with E-state index in [-0.39, 0.29) is 17.8 Å². The monoisotopic (exact) mass is 274 g/mol. The molecule has 1 rings (SSSR count). The van der Waals surface area contributed by atoms with Crippen molar-refractivity contribution >= 4 is 21.7 Å². The molecule has 0 radical (unpaired) electrons. The fourth-order valence-electron chi connectivity index (χ4n) is 1.16. The Morgan fingerprint density at radius 3 is 2.93 bits per heavy atom. The van der Waals surface area contributed by atoms with Gasteiger partial charge >= 0.3 is 0 Å². The summed E-state index contributed by atoms with van der Waals surface area (Å²) in [6, 6.07) is 4.68. The highest BCUT2D eigenvalue weighted by atomic mass is 79.9. The largest absolute Gasteiger partial charge is 0.381 e. The molecule has 0 N–H and O–H groups in total. The van der Waals surface area contributed by atoms with Crippen LogP contribution in [0, 0.1) is 5.82 Å². The number of hydrogen-bond donors (Lipinski definition) is 0. The number of carbonyl (C=O) groups excluding carboxylic acids is 1. The lowest BCUT2D eigenvalue weighted by Gasteiger charge is -2.03. The van der Waals surface area contributed by atoms with Gasteiger partial charge in [0.25, 0.3) is 0 Å². The quantitative estimate of drug-likeness (QED) is 0.609. The Bertz CT molecular complexity index is 352. The second kappa shape index (κ2) is 5.98. The lowest BCUT2D eigenvalue weighted by Crippen LogP contribution is -2.07. The summed E-state index contributed by atoms with van der Waals surface area (Å²) < 4.78 is 18.8. The Hall–Kier alpha value is -0.740. The molecule has 0 aromatic heterocycles. The first-order valence-corrected chi connectivity index (χ1v) is 5.51. The summed E-state index contributed by atoms with van der Waals surface area (Å²) in [7, 11) is 0. The number of Topliss-reactive ketones (excluding diaryl/α,β-unsaturated/α-hetero) is 1. The maximum Gasteiger partial charge on any atom is 0.168 e. The van der Waals surface area contributed by atoms with Crippen LogP contribution >= 0.6 is 15.9 Å². The van der Waals surface area contributed by atoms with Crippen molar-refractivity contribution in [1.82, 2.24) is 0 Å². The van der Waals surface area contributed by atoms with Crippen molar-refractivity contribution < 1.29 is 13.9 Å². The summed E-state index contributed by atoms with van der Waals surface area (Å²) in [5, 5.41) is 0. The average molecular weight is 275 g/mol. The van der Waals surface area contributed by atoms with E-state index < -0.39 is 5.82 Å². The highest BCUT2D eigenvalue weighted by Crippen LogP contribution is 2.19. The number of carbonyl (C=O) groups is 1. The van der Waals surface area contributed by atoms with Gasteiger partial charge in [0, 0.05) is 13.0 Å². The Labute approximate surface area is 96.6 Å². The molecule has 2 nitrogen and oxygen atoms in total. The Morgan fingerprint density at radius 1 is 1.53 bits per heavy atom. The van der Waals surface area contributed by atoms with Crippen LogP contribution in [0.1, 0.15) is 23.7 Å². The topological polar surface area (TPSA) is 26.3 Å². The zero-order valence-electron chi connectivity index (χ0n) is 8.43. The first-order chi connectivity index (χ1) is 7.16. The smallest absolute Gasteiger partial charge is 0.168 e. The SMILES string of the molecule is CCOCCC(=O)c1cccc(Br)c1F. The molecule has 4 heteroatoms. The minimum atomic E-state index is -0.501. The fraction of sp³-hybridized carbons (Fsp3) is 0.364. The fourth-order valence-corrected chi connectivity index (χ4v) is 1.53. The zero-order chi connectivity index (χ0) is 11.3. The molecule has 0 aliphatic carbocycles. The molecule has 15 heavy (non-hydrogen) atoms. The predicted molar refractivity (Wildman–Crippen MR) is 59.5 cm³/mol. The summed E-state index contributed by atoms with van der Waals surface area (Å²) in [6.07, 6.45) is 0.210. The van der Waals surface area contributed by atoms with Crippen molar-refractivity contribution in [2.75, 3.05) is 13.2 Å². The lowest BCUT2D eigenvalue weighted by molar-refractivity contribution is 0.0892. The van der Waals surface area contributed by atoms with Crippen molar-refractivity contribution in [3.05, 3.63) is 34.1 Å². The van der Waals surface area contributed by atoms with Crippen LogP contribution in [-0.4, -0.2) is 19.0 Å². The highest BCUT2D eigenvalue weighted by Gasteiger charge is 2.13. The molecule has 1 aromatic carbocycles. The minimum absolute atomic E-state index is 0.115. The Kier molecular flexibility index (Phi) is 4.91. The van der Waals surface area contributed by atoms with E-state index in [0.717, 1.165) is 0 Å². The van der Waals surface area contributed by atoms with Gasteiger partial charge in [0.05, 0.1) is 16.6 Å². The van der Waals surface area contributed by atoms with E-state index in [1.165, 1.54) is 6.07 Å². The van der Waals surface area contributed by atoms with Gasteiger partial charge in [-0.05, 0) is 35.0 Å². The van der Waals surface area contributed by atoms with Crippen LogP contribution in [0.3, 0.4) is 0 Å². The number of benzene rings is 1. The van der Waals surface area contributed by atoms with Crippen LogP contribution in [0.25, 0.3) is 0 Å². The van der Waals surface area contributed by atoms with E-state index in [1.54, 1.807) is 12.1 Å². The molecule has 0 bridgehead atoms. The normalized spacial score (nSPS) is 10.3. The molecule has 0 unspecified atom stereocenters. The first-order valence-electron chi connectivity index (χ1n) is 4.71. The van der Waals surface area contributed by atoms with Gasteiger partial charge in [-0.3, -0.25) is 4.79 Å². The van der Waals surface area contributed by atoms with Crippen molar-refractivity contribution in [1.29, 1.82) is 0 Å². The minimum Gasteiger partial charge on any atom is -0.381 e. The number of hydrogen-bond acceptors (Lipinski definition) is 2. The lowest BCUT2D eigenvalue weighted by atomic mass is 10.1. The zero-order valence-corrected chi connectivity index (χ0v) is 10.0. The van der Waals surface area contributed by atoms with Gasteiger partial charge in [-0.15, -0.1) is 0 Å². The second-order valence-electron chi connectivity index (χ2n) is 2.97. The maximum absolute atomic E-state index is 13.5. The molecule has 0 saturated carbocycles. The van der Waals surface area contributed by atoms with Gasteiger partial charge in [0.2, 0.25) is 0 Å². The first kappa shape index (κ1) is 12.3. The van der Waals surface area contributed by atoms with E-state index in [2.05, 4.69) is 15.9 Å². The number of halogens is 2. The standard InChI is InChI=1S/C11H12BrFO2/c1-2-15-7-6-10(14)8-4-3-5-9(12)11(8)13/h3-5H,2,6-7H2,1H3. The number of ketones is 1. The molecule has 0 fully saturated rings. The van der Waals surface area contributed by atoms with E-state index in [1.807, 2.05) is 6.92 Å². The summed E-state index contributed by atoms with van der Waals surface area (Å²) in [4.78, 5) is 11.6. The van der Waals surface area contributed by atoms with E-state index in [4.69, 9.17) is 4.74 Å². The van der Waals surface area contributed by atoms with Gasteiger partial charge in [0.15, 0.2) is 5.78 Å². The average Bonchev–Trinajstić information content (AvgIpc) is 2.22. The molecule has 0 atom stereocenters. The van der Waals surface area contributed by atoms with Crippen LogP contribution < -0.4 is 0 Å². The molecule has 0 spiro atoms. The molecule has 0 amide bonds. The third-order valence-corrected chi connectivity index (χ3v) is 2.54. The van der Waals surface area contributed by atoms with Gasteiger partial charge in [0.1, 0.15) is 5.82 Å². The second-order valence-corrected chi connectivity index (χ2v) is 3.83. The summed E-state index contributed by atoms with van der Waals surface area (Å²) in [5.74, 6) is -0.735. The van der Waals surface area contributed by atoms with Crippen molar-refractivity contribution in [3.8, 4) is 0 Å². The molecule has 0 heterocycles. The molecule has 0 saturated heterocycles. The summed E-state index contributed by atoms with van der Waals surface area (Å²) in [5.41, 5.74) is 0.115. The third-order valence-electron chi connectivity index (χ3n) is 1.93. The van der Waals surface area contributed by atoms with Crippen LogP contribution in [0.2, 0.25) is 0 Å². The van der Waals surface area contributed by atoms with Crippen molar-refractivity contribution in [3.63, 3.8) is 0 Å². The number of rotatable bonds is 5. The molecule has 0 aliphatic heterocycles. The molecule has 1 aromatic rings. The van der Waals surface area contributed by atoms with Crippen LogP contribution in [0.5, 0.6) is 0 Å². The molecule has 0 aliphatic rings. The summed E-state index contributed by atoms with van der Waals surface area (Å²) in [6.45, 7) is 2.75. The van der Waals surface area contributed by atoms with Crippen molar-refractivity contribution in [2.24, 2.45) is 0 Å². The van der Waals surface area contributed by atoms with E-state index in [9.17, 15) is 9.18 Å². The predicted octanol–water partition coefficient (Wildman–Crippen LogP) is 3.20. The van der Waals surface area contributed by atoms with E-state index in [0.29, 0.717) is 17.7 Å². The van der Waals surface area contributed by atoms with E-state index >= 15 is 0 Å². The van der Waals surface area contributed by atoms with Gasteiger partial charge in [-0.2, -0.15) is 0 Å². The van der Waals surface area contributed by atoms with Crippen LogP contribution in [0.15, 0.2) is 22.7 Å². The Morgan fingerprint density at radius 2 is 2.27 bits per heavy atom. The van der Waals surface area contributed by atoms with Crippen LogP contribution in [0.4, 0.5) is 4.39 Å². The maximum atomic E-state index is 13.5. The number of ether oxygens (including phenoxy) is 1. The third kappa shape index (κ3) is 3.39. The molecular weight excluding hydrogens is 263 g/mol. The van der Waals surface area contributed by atoms with Gasteiger partial charge in [-0.25, -0.2) is 4.39 Å². The van der Waals surface area contributed by atoms with Crippen molar-refractivity contribution in [2.45, 2.75) is 13.3 Å². The molecule has 82 valence electrons. The van der Waals surface area contributed by atoms with Gasteiger partial charge in [-0.1, -0.05) is 6.07 Å².